The Bertz CT molecular complexity index is 223. The Morgan fingerprint density at radius 3 is 2.47 bits per heavy atom. The van der Waals surface area contributed by atoms with E-state index in [1.54, 1.807) is 0 Å². The molecule has 1 aliphatic rings. The normalized spacial score (nSPS) is 24.5. The van der Waals surface area contributed by atoms with Crippen LogP contribution in [0.1, 0.15) is 33.6 Å². The summed E-state index contributed by atoms with van der Waals surface area (Å²) >= 11 is 4.54. The van der Waals surface area contributed by atoms with E-state index in [0.717, 1.165) is 11.8 Å². The van der Waals surface area contributed by atoms with Crippen LogP contribution in [0.5, 0.6) is 0 Å². The highest BCUT2D eigenvalue weighted by molar-refractivity contribution is 7.80. The van der Waals surface area contributed by atoms with Crippen LogP contribution in [0.2, 0.25) is 0 Å². The third-order valence-electron chi connectivity index (χ3n) is 3.97. The minimum atomic E-state index is 0.368. The zero-order chi connectivity index (χ0) is 13.1. The molecule has 0 saturated carbocycles. The lowest BCUT2D eigenvalue weighted by Crippen LogP contribution is -2.43. The summed E-state index contributed by atoms with van der Waals surface area (Å²) in [5.41, 5.74) is 0.368. The number of likely N-dealkylation sites (tertiary alicyclic amines) is 1. The molecule has 1 heterocycles. The molecule has 17 heavy (non-hydrogen) atoms. The van der Waals surface area contributed by atoms with Crippen LogP contribution in [0, 0.1) is 11.3 Å². The van der Waals surface area contributed by atoms with Gasteiger partial charge in [0.25, 0.3) is 0 Å². The highest BCUT2D eigenvalue weighted by Crippen LogP contribution is 2.30. The van der Waals surface area contributed by atoms with Gasteiger partial charge in [0.15, 0.2) is 0 Å². The molecular formula is C14H30N2S. The fourth-order valence-corrected chi connectivity index (χ4v) is 3.32. The van der Waals surface area contributed by atoms with E-state index < -0.39 is 0 Å². The predicted molar refractivity (Wildman–Crippen MR) is 79.9 cm³/mol. The van der Waals surface area contributed by atoms with Crippen molar-refractivity contribution in [1.29, 1.82) is 0 Å². The van der Waals surface area contributed by atoms with Gasteiger partial charge in [-0.25, -0.2) is 0 Å². The maximum Gasteiger partial charge on any atom is 0.0223 e. The summed E-state index contributed by atoms with van der Waals surface area (Å²) in [7, 11) is 4.35. The average Bonchev–Trinajstić information content (AvgIpc) is 2.59. The zero-order valence-corrected chi connectivity index (χ0v) is 13.1. The fourth-order valence-electron chi connectivity index (χ4n) is 2.65. The van der Waals surface area contributed by atoms with Gasteiger partial charge in [-0.05, 0) is 50.6 Å². The van der Waals surface area contributed by atoms with Crippen molar-refractivity contribution in [2.75, 3.05) is 39.5 Å². The van der Waals surface area contributed by atoms with Gasteiger partial charge in [-0.1, -0.05) is 20.8 Å². The number of hydrogen-bond donors (Lipinski definition) is 1. The molecule has 0 aromatic heterocycles. The summed E-state index contributed by atoms with van der Waals surface area (Å²) in [5.74, 6) is 1.68. The second-order valence-corrected chi connectivity index (χ2v) is 7.16. The Morgan fingerprint density at radius 2 is 2.00 bits per heavy atom. The molecule has 2 nitrogen and oxygen atoms in total. The smallest absolute Gasteiger partial charge is 0.0223 e. The summed E-state index contributed by atoms with van der Waals surface area (Å²) < 4.78 is 0. The lowest BCUT2D eigenvalue weighted by atomic mass is 9.81. The summed E-state index contributed by atoms with van der Waals surface area (Å²) in [6.07, 6.45) is 2.73. The van der Waals surface area contributed by atoms with Gasteiger partial charge < -0.3 is 4.90 Å². The Balaban J connectivity index is 2.54. The fraction of sp³-hybridized carbons (Fsp3) is 1.00. The lowest BCUT2D eigenvalue weighted by molar-refractivity contribution is 0.139. The molecule has 0 bridgehead atoms. The van der Waals surface area contributed by atoms with Crippen LogP contribution in [0.3, 0.4) is 0 Å². The molecule has 2 unspecified atom stereocenters. The second-order valence-electron chi connectivity index (χ2n) is 6.80. The molecule has 2 atom stereocenters. The van der Waals surface area contributed by atoms with E-state index in [1.165, 1.54) is 32.5 Å². The van der Waals surface area contributed by atoms with Gasteiger partial charge in [-0.2, -0.15) is 12.6 Å². The summed E-state index contributed by atoms with van der Waals surface area (Å²) in [6, 6.07) is 0.759. The van der Waals surface area contributed by atoms with E-state index in [2.05, 4.69) is 57.3 Å². The Morgan fingerprint density at radius 1 is 1.35 bits per heavy atom. The maximum atomic E-state index is 4.54. The molecule has 1 aliphatic heterocycles. The predicted octanol–water partition coefficient (Wildman–Crippen LogP) is 2.60. The van der Waals surface area contributed by atoms with Crippen LogP contribution in [-0.2, 0) is 0 Å². The van der Waals surface area contributed by atoms with Crippen molar-refractivity contribution < 1.29 is 0 Å². The summed E-state index contributed by atoms with van der Waals surface area (Å²) in [5, 5.41) is 0. The molecule has 3 heteroatoms. The molecule has 102 valence electrons. The third kappa shape index (κ3) is 4.80. The van der Waals surface area contributed by atoms with Gasteiger partial charge in [0.05, 0.1) is 0 Å². The Labute approximate surface area is 113 Å². The van der Waals surface area contributed by atoms with Crippen LogP contribution in [0.4, 0.5) is 0 Å². The van der Waals surface area contributed by atoms with E-state index in [1.807, 2.05) is 0 Å². The first kappa shape index (κ1) is 15.3. The van der Waals surface area contributed by atoms with E-state index in [4.69, 9.17) is 0 Å². The molecule has 0 N–H and O–H groups in total. The van der Waals surface area contributed by atoms with Crippen molar-refractivity contribution in [3.63, 3.8) is 0 Å². The second kappa shape index (κ2) is 6.44. The van der Waals surface area contributed by atoms with Crippen molar-refractivity contribution in [1.82, 2.24) is 9.80 Å². The first-order chi connectivity index (χ1) is 7.84. The molecule has 0 spiro atoms. The molecule has 0 aromatic carbocycles. The molecule has 1 saturated heterocycles. The van der Waals surface area contributed by atoms with Crippen molar-refractivity contribution in [3.8, 4) is 0 Å². The van der Waals surface area contributed by atoms with Gasteiger partial charge in [0, 0.05) is 19.1 Å². The topological polar surface area (TPSA) is 6.48 Å². The van der Waals surface area contributed by atoms with Gasteiger partial charge in [0.2, 0.25) is 0 Å². The first-order valence-corrected chi connectivity index (χ1v) is 7.47. The minimum absolute atomic E-state index is 0.368. The van der Waals surface area contributed by atoms with Crippen LogP contribution in [0.15, 0.2) is 0 Å². The Kier molecular flexibility index (Phi) is 5.81. The largest absolute Gasteiger partial charge is 0.308 e. The monoisotopic (exact) mass is 258 g/mol. The number of likely N-dealkylation sites (N-methyl/N-ethyl adjacent to an activating group) is 1. The molecular weight excluding hydrogens is 228 g/mol. The molecule has 0 radical (unpaired) electrons. The SMILES string of the molecule is CN(C)CC1CCCN1CC(CS)C(C)(C)C. The van der Waals surface area contributed by atoms with Crippen molar-refractivity contribution in [2.45, 2.75) is 39.7 Å². The number of nitrogens with zero attached hydrogens (tertiary/aromatic N) is 2. The third-order valence-corrected chi connectivity index (χ3v) is 4.42. The van der Waals surface area contributed by atoms with Crippen LogP contribution in [-0.4, -0.2) is 55.3 Å². The van der Waals surface area contributed by atoms with E-state index >= 15 is 0 Å². The molecule has 1 fully saturated rings. The van der Waals surface area contributed by atoms with Crippen LogP contribution >= 0.6 is 12.6 Å². The lowest BCUT2D eigenvalue weighted by Gasteiger charge is -2.36. The highest BCUT2D eigenvalue weighted by atomic mass is 32.1. The highest BCUT2D eigenvalue weighted by Gasteiger charge is 2.31. The average molecular weight is 258 g/mol. The van der Waals surface area contributed by atoms with Gasteiger partial charge in [-0.15, -0.1) is 0 Å². The standard InChI is InChI=1S/C14H30N2S/c1-14(2,3)12(11-17)9-16-8-6-7-13(16)10-15(4)5/h12-13,17H,6-11H2,1-5H3. The summed E-state index contributed by atoms with van der Waals surface area (Å²) in [4.78, 5) is 5.00. The number of hydrogen-bond acceptors (Lipinski definition) is 3. The number of rotatable bonds is 5. The molecule has 1 rings (SSSR count). The zero-order valence-electron chi connectivity index (χ0n) is 12.2. The summed E-state index contributed by atoms with van der Waals surface area (Å²) in [6.45, 7) is 10.7. The minimum Gasteiger partial charge on any atom is -0.308 e. The van der Waals surface area contributed by atoms with Crippen molar-refractivity contribution in [3.05, 3.63) is 0 Å². The van der Waals surface area contributed by atoms with Crippen LogP contribution < -0.4 is 0 Å². The molecule has 0 aromatic rings. The quantitative estimate of drug-likeness (QED) is 0.757. The first-order valence-electron chi connectivity index (χ1n) is 6.84. The van der Waals surface area contributed by atoms with Gasteiger partial charge in [-0.3, -0.25) is 4.90 Å². The van der Waals surface area contributed by atoms with Crippen molar-refractivity contribution in [2.24, 2.45) is 11.3 Å². The van der Waals surface area contributed by atoms with E-state index in [9.17, 15) is 0 Å². The van der Waals surface area contributed by atoms with E-state index in [-0.39, 0.29) is 0 Å². The molecule has 0 amide bonds. The van der Waals surface area contributed by atoms with Gasteiger partial charge in [0.1, 0.15) is 0 Å². The van der Waals surface area contributed by atoms with E-state index in [0.29, 0.717) is 11.3 Å². The Hall–Kier alpha value is 0.270. The van der Waals surface area contributed by atoms with Crippen molar-refractivity contribution >= 4 is 12.6 Å². The number of thiol groups is 1. The molecule has 0 aliphatic carbocycles. The maximum absolute atomic E-state index is 4.54. The van der Waals surface area contributed by atoms with Gasteiger partial charge >= 0.3 is 0 Å². The van der Waals surface area contributed by atoms with Crippen LogP contribution in [0.25, 0.3) is 0 Å².